The van der Waals surface area contributed by atoms with E-state index in [2.05, 4.69) is 18.8 Å². The van der Waals surface area contributed by atoms with Crippen molar-refractivity contribution in [3.63, 3.8) is 0 Å². The van der Waals surface area contributed by atoms with E-state index in [1.165, 1.54) is 6.07 Å². The SMILES string of the molecule is CN1C(=O)CC[C@@]2(C)C1C(Cl)C[C@@H]1[C@H]2CC[C@]2(C)C(c3ccc(C(F)(F)F)cn3)CC[C@@H]12. The molecule has 3 aliphatic carbocycles. The third kappa shape index (κ3) is 3.14. The number of fused-ring (bicyclic) bond motifs is 5. The van der Waals surface area contributed by atoms with Crippen LogP contribution in [0.2, 0.25) is 0 Å². The molecule has 3 nitrogen and oxygen atoms in total. The number of carbonyl (C=O) groups is 1. The highest BCUT2D eigenvalue weighted by Gasteiger charge is 2.63. The lowest BCUT2D eigenvalue weighted by atomic mass is 9.46. The van der Waals surface area contributed by atoms with Crippen molar-refractivity contribution in [2.75, 3.05) is 7.05 Å². The summed E-state index contributed by atoms with van der Waals surface area (Å²) in [6.45, 7) is 4.68. The lowest BCUT2D eigenvalue weighted by Crippen LogP contribution is -2.65. The monoisotopic (exact) mass is 468 g/mol. The second kappa shape index (κ2) is 7.35. The largest absolute Gasteiger partial charge is 0.417 e. The lowest BCUT2D eigenvalue weighted by Gasteiger charge is -2.63. The minimum absolute atomic E-state index is 0.0318. The normalized spacial score (nSPS) is 44.1. The molecule has 3 unspecified atom stereocenters. The van der Waals surface area contributed by atoms with Gasteiger partial charge in [-0.15, -0.1) is 11.6 Å². The van der Waals surface area contributed by atoms with Crippen LogP contribution in [-0.4, -0.2) is 34.3 Å². The van der Waals surface area contributed by atoms with Gasteiger partial charge in [0.15, 0.2) is 0 Å². The Morgan fingerprint density at radius 1 is 1.09 bits per heavy atom. The summed E-state index contributed by atoms with van der Waals surface area (Å²) in [5.41, 5.74) is 0.178. The number of pyridine rings is 1. The Labute approximate surface area is 193 Å². The maximum atomic E-state index is 13.0. The molecule has 4 fully saturated rings. The van der Waals surface area contributed by atoms with Gasteiger partial charge >= 0.3 is 6.18 Å². The zero-order chi connectivity index (χ0) is 23.1. The lowest BCUT2D eigenvalue weighted by molar-refractivity contribution is -0.156. The highest BCUT2D eigenvalue weighted by atomic mass is 35.5. The summed E-state index contributed by atoms with van der Waals surface area (Å²) in [4.78, 5) is 18.6. The Bertz CT molecular complexity index is 905. The molecule has 4 aliphatic rings. The van der Waals surface area contributed by atoms with Crippen molar-refractivity contribution in [2.45, 2.75) is 82.3 Å². The molecule has 0 radical (unpaired) electrons. The molecule has 176 valence electrons. The number of aromatic nitrogens is 1. The number of halogens is 4. The molecule has 0 bridgehead atoms. The van der Waals surface area contributed by atoms with Crippen LogP contribution in [0.25, 0.3) is 0 Å². The summed E-state index contributed by atoms with van der Waals surface area (Å²) in [6, 6.07) is 2.86. The van der Waals surface area contributed by atoms with E-state index in [-0.39, 0.29) is 34.1 Å². The van der Waals surface area contributed by atoms with Gasteiger partial charge in [0.1, 0.15) is 0 Å². The molecule has 0 N–H and O–H groups in total. The summed E-state index contributed by atoms with van der Waals surface area (Å²) < 4.78 is 39.0. The van der Waals surface area contributed by atoms with Crippen LogP contribution < -0.4 is 0 Å². The van der Waals surface area contributed by atoms with Crippen LogP contribution in [0.15, 0.2) is 18.3 Å². The van der Waals surface area contributed by atoms with Crippen LogP contribution in [-0.2, 0) is 11.0 Å². The Balaban J connectivity index is 1.43. The molecule has 1 saturated heterocycles. The zero-order valence-corrected chi connectivity index (χ0v) is 19.7. The minimum Gasteiger partial charge on any atom is -0.341 e. The highest BCUT2D eigenvalue weighted by molar-refractivity contribution is 6.21. The van der Waals surface area contributed by atoms with Crippen molar-refractivity contribution in [2.24, 2.45) is 28.6 Å². The predicted octanol–water partition coefficient (Wildman–Crippen LogP) is 6.26. The van der Waals surface area contributed by atoms with Crippen LogP contribution in [0.5, 0.6) is 0 Å². The first kappa shape index (κ1) is 22.5. The predicted molar refractivity (Wildman–Crippen MR) is 117 cm³/mol. The van der Waals surface area contributed by atoms with E-state index in [1.54, 1.807) is 6.07 Å². The number of amides is 1. The first-order valence-corrected chi connectivity index (χ1v) is 12.3. The third-order valence-electron chi connectivity index (χ3n) is 9.96. The van der Waals surface area contributed by atoms with Crippen molar-refractivity contribution < 1.29 is 18.0 Å². The van der Waals surface area contributed by atoms with Crippen LogP contribution in [0.1, 0.15) is 76.0 Å². The van der Waals surface area contributed by atoms with Crippen LogP contribution in [0, 0.1) is 28.6 Å². The molecule has 5 rings (SSSR count). The van der Waals surface area contributed by atoms with E-state index in [9.17, 15) is 18.0 Å². The van der Waals surface area contributed by atoms with Gasteiger partial charge < -0.3 is 4.90 Å². The number of rotatable bonds is 1. The molecular formula is C25H32ClF3N2O. The number of hydrogen-bond acceptors (Lipinski definition) is 2. The standard InChI is InChI=1S/C25H32ClF3N2O/c1-23-10-8-17-15(12-19(26)22-24(17,2)11-9-21(32)31(22)3)16(23)5-6-18(23)20-7-4-14(13-30-20)25(27,28)29/h4,7,13,15-19,22H,5-6,8-12H2,1-3H3/t15-,16-,17+,18?,19?,22?,23-,24+/m0/s1. The van der Waals surface area contributed by atoms with E-state index in [0.29, 0.717) is 24.2 Å². The minimum atomic E-state index is -4.36. The first-order chi connectivity index (χ1) is 15.0. The van der Waals surface area contributed by atoms with Crippen molar-refractivity contribution in [1.29, 1.82) is 0 Å². The molecule has 1 aromatic heterocycles. The maximum Gasteiger partial charge on any atom is 0.417 e. The Hall–Kier alpha value is -1.30. The van der Waals surface area contributed by atoms with Gasteiger partial charge in [0.05, 0.1) is 17.0 Å². The van der Waals surface area contributed by atoms with Crippen molar-refractivity contribution >= 4 is 17.5 Å². The smallest absolute Gasteiger partial charge is 0.341 e. The third-order valence-corrected chi connectivity index (χ3v) is 10.4. The molecule has 0 aromatic carbocycles. The number of alkyl halides is 4. The second-order valence-electron chi connectivity index (χ2n) is 11.2. The molecule has 0 spiro atoms. The van der Waals surface area contributed by atoms with Gasteiger partial charge in [0.2, 0.25) is 5.91 Å². The number of hydrogen-bond donors (Lipinski definition) is 0. The molecule has 32 heavy (non-hydrogen) atoms. The molecule has 3 saturated carbocycles. The number of carbonyl (C=O) groups excluding carboxylic acids is 1. The van der Waals surface area contributed by atoms with Crippen molar-refractivity contribution in [3.8, 4) is 0 Å². The van der Waals surface area contributed by atoms with Crippen LogP contribution >= 0.6 is 11.6 Å². The Morgan fingerprint density at radius 2 is 1.81 bits per heavy atom. The molecule has 2 heterocycles. The van der Waals surface area contributed by atoms with Gasteiger partial charge in [-0.25, -0.2) is 0 Å². The van der Waals surface area contributed by atoms with Gasteiger partial charge in [0.25, 0.3) is 0 Å². The zero-order valence-electron chi connectivity index (χ0n) is 19.0. The average molecular weight is 469 g/mol. The number of piperidine rings is 1. The van der Waals surface area contributed by atoms with E-state index in [1.807, 2.05) is 11.9 Å². The van der Waals surface area contributed by atoms with E-state index in [4.69, 9.17) is 11.6 Å². The summed E-state index contributed by atoms with van der Waals surface area (Å²) in [6.07, 6.45) is 3.23. The molecule has 8 atom stereocenters. The molecule has 7 heteroatoms. The number of likely N-dealkylation sites (tertiary alicyclic amines) is 1. The maximum absolute atomic E-state index is 13.0. The quantitative estimate of drug-likeness (QED) is 0.455. The van der Waals surface area contributed by atoms with E-state index in [0.717, 1.165) is 50.4 Å². The van der Waals surface area contributed by atoms with E-state index < -0.39 is 11.7 Å². The summed E-state index contributed by atoms with van der Waals surface area (Å²) in [7, 11) is 1.91. The Kier molecular flexibility index (Phi) is 5.16. The second-order valence-corrected chi connectivity index (χ2v) is 11.8. The summed E-state index contributed by atoms with van der Waals surface area (Å²) in [5, 5.41) is -0.0545. The van der Waals surface area contributed by atoms with Gasteiger partial charge in [-0.2, -0.15) is 13.2 Å². The van der Waals surface area contributed by atoms with Crippen LogP contribution in [0.3, 0.4) is 0 Å². The fourth-order valence-corrected chi connectivity index (χ4v) is 9.11. The topological polar surface area (TPSA) is 33.2 Å². The highest BCUT2D eigenvalue weighted by Crippen LogP contribution is 2.68. The first-order valence-electron chi connectivity index (χ1n) is 11.9. The van der Waals surface area contributed by atoms with Crippen LogP contribution in [0.4, 0.5) is 13.2 Å². The van der Waals surface area contributed by atoms with Gasteiger partial charge in [-0.3, -0.25) is 9.78 Å². The van der Waals surface area contributed by atoms with Crippen molar-refractivity contribution in [1.82, 2.24) is 9.88 Å². The fourth-order valence-electron chi connectivity index (χ4n) is 8.45. The molecule has 1 amide bonds. The summed E-state index contributed by atoms with van der Waals surface area (Å²) in [5.74, 6) is 1.92. The Morgan fingerprint density at radius 3 is 2.47 bits per heavy atom. The van der Waals surface area contributed by atoms with Gasteiger partial charge in [-0.05, 0) is 79.2 Å². The molecular weight excluding hydrogens is 437 g/mol. The average Bonchev–Trinajstić information content (AvgIpc) is 3.08. The molecule has 1 aliphatic heterocycles. The molecule has 1 aromatic rings. The van der Waals surface area contributed by atoms with Gasteiger partial charge in [-0.1, -0.05) is 13.8 Å². The van der Waals surface area contributed by atoms with Crippen molar-refractivity contribution in [3.05, 3.63) is 29.6 Å². The fraction of sp³-hybridized carbons (Fsp3) is 0.760. The summed E-state index contributed by atoms with van der Waals surface area (Å²) >= 11 is 7.00. The van der Waals surface area contributed by atoms with Gasteiger partial charge in [0, 0.05) is 31.3 Å². The number of nitrogens with zero attached hydrogens (tertiary/aromatic N) is 2. The van der Waals surface area contributed by atoms with E-state index >= 15 is 0 Å².